The highest BCUT2D eigenvalue weighted by Gasteiger charge is 2.30. The van der Waals surface area contributed by atoms with Crippen LogP contribution in [0.3, 0.4) is 0 Å². The van der Waals surface area contributed by atoms with Gasteiger partial charge in [-0.25, -0.2) is 9.59 Å². The molecule has 0 amide bonds. The zero-order valence-corrected chi connectivity index (χ0v) is 12.4. The fourth-order valence-corrected chi connectivity index (χ4v) is 2.13. The molecular formula is C15H15NO7. The molecule has 122 valence electrons. The van der Waals surface area contributed by atoms with Gasteiger partial charge in [0.15, 0.2) is 11.5 Å². The summed E-state index contributed by atoms with van der Waals surface area (Å²) in [6, 6.07) is 5.36. The Morgan fingerprint density at radius 3 is 2.91 bits per heavy atom. The standard InChI is InChI=1S/C15H15NO7/c1-9(10-2-3-11-13(6-10)21-8-20-11)16-22-7-14(17)23-12-4-5-19-15(12)18/h2-3,6,12H,4-5,7-8H2,1H3/b16-9+. The Labute approximate surface area is 131 Å². The molecule has 0 radical (unpaired) electrons. The molecule has 0 aliphatic carbocycles. The van der Waals surface area contributed by atoms with Crippen LogP contribution in [0.2, 0.25) is 0 Å². The van der Waals surface area contributed by atoms with Gasteiger partial charge in [0.05, 0.1) is 12.3 Å². The van der Waals surface area contributed by atoms with E-state index in [4.69, 9.17) is 23.8 Å². The van der Waals surface area contributed by atoms with Crippen molar-refractivity contribution in [1.82, 2.24) is 0 Å². The highest BCUT2D eigenvalue weighted by Crippen LogP contribution is 2.32. The van der Waals surface area contributed by atoms with Crippen LogP contribution >= 0.6 is 0 Å². The third-order valence-electron chi connectivity index (χ3n) is 3.34. The SMILES string of the molecule is C/C(=N\OCC(=O)OC1CCOC1=O)c1ccc2c(c1)OCO2. The van der Waals surface area contributed by atoms with Crippen LogP contribution in [0.25, 0.3) is 0 Å². The highest BCUT2D eigenvalue weighted by molar-refractivity contribution is 5.99. The fraction of sp³-hybridized carbons (Fsp3) is 0.400. The largest absolute Gasteiger partial charge is 0.463 e. The minimum atomic E-state index is -0.843. The molecule has 1 aromatic rings. The second kappa shape index (κ2) is 6.55. The number of oxime groups is 1. The van der Waals surface area contributed by atoms with E-state index in [0.717, 1.165) is 5.56 Å². The fourth-order valence-electron chi connectivity index (χ4n) is 2.13. The number of rotatable bonds is 5. The van der Waals surface area contributed by atoms with Gasteiger partial charge in [-0.05, 0) is 25.1 Å². The van der Waals surface area contributed by atoms with Gasteiger partial charge in [-0.1, -0.05) is 5.16 Å². The summed E-state index contributed by atoms with van der Waals surface area (Å²) in [7, 11) is 0. The van der Waals surface area contributed by atoms with Crippen LogP contribution in [-0.2, 0) is 23.9 Å². The summed E-state index contributed by atoms with van der Waals surface area (Å²) in [6.07, 6.45) is -0.477. The Bertz CT molecular complexity index is 655. The van der Waals surface area contributed by atoms with Crippen molar-refractivity contribution in [2.24, 2.45) is 5.16 Å². The molecule has 2 aliphatic rings. The molecule has 8 nitrogen and oxygen atoms in total. The Balaban J connectivity index is 1.51. The molecule has 1 fully saturated rings. The van der Waals surface area contributed by atoms with Crippen molar-refractivity contribution in [2.45, 2.75) is 19.4 Å². The van der Waals surface area contributed by atoms with Crippen LogP contribution in [0.15, 0.2) is 23.4 Å². The van der Waals surface area contributed by atoms with E-state index in [-0.39, 0.29) is 20.0 Å². The monoisotopic (exact) mass is 321 g/mol. The van der Waals surface area contributed by atoms with E-state index in [2.05, 4.69) is 5.16 Å². The maximum Gasteiger partial charge on any atom is 0.347 e. The first-order chi connectivity index (χ1) is 11.1. The number of esters is 2. The molecule has 1 atom stereocenters. The molecule has 1 unspecified atom stereocenters. The first-order valence-electron chi connectivity index (χ1n) is 7.06. The topological polar surface area (TPSA) is 92.7 Å². The molecule has 2 aliphatic heterocycles. The third kappa shape index (κ3) is 3.53. The maximum atomic E-state index is 11.6. The smallest absolute Gasteiger partial charge is 0.347 e. The number of carbonyl (C=O) groups is 2. The Morgan fingerprint density at radius 1 is 1.30 bits per heavy atom. The number of nitrogens with zero attached hydrogens (tertiary/aromatic N) is 1. The lowest BCUT2D eigenvalue weighted by Gasteiger charge is -2.07. The molecule has 0 spiro atoms. The molecular weight excluding hydrogens is 306 g/mol. The van der Waals surface area contributed by atoms with Gasteiger partial charge in [-0.15, -0.1) is 0 Å². The van der Waals surface area contributed by atoms with E-state index in [9.17, 15) is 9.59 Å². The van der Waals surface area contributed by atoms with Crippen molar-refractivity contribution >= 4 is 17.7 Å². The molecule has 1 aromatic carbocycles. The quantitative estimate of drug-likeness (QED) is 0.454. The molecule has 8 heteroatoms. The molecule has 1 saturated heterocycles. The van der Waals surface area contributed by atoms with E-state index in [0.29, 0.717) is 23.6 Å². The summed E-state index contributed by atoms with van der Waals surface area (Å²) < 4.78 is 20.1. The van der Waals surface area contributed by atoms with Crippen LogP contribution in [-0.4, -0.2) is 43.8 Å². The van der Waals surface area contributed by atoms with Gasteiger partial charge in [-0.2, -0.15) is 0 Å². The zero-order chi connectivity index (χ0) is 16.2. The van der Waals surface area contributed by atoms with E-state index in [1.165, 1.54) is 0 Å². The second-order valence-electron chi connectivity index (χ2n) is 4.95. The lowest BCUT2D eigenvalue weighted by molar-refractivity contribution is -0.163. The first-order valence-corrected chi connectivity index (χ1v) is 7.06. The number of benzene rings is 1. The molecule has 23 heavy (non-hydrogen) atoms. The lowest BCUT2D eigenvalue weighted by atomic mass is 10.1. The Kier molecular flexibility index (Phi) is 4.31. The maximum absolute atomic E-state index is 11.6. The number of hydrogen-bond donors (Lipinski definition) is 0. The third-order valence-corrected chi connectivity index (χ3v) is 3.34. The summed E-state index contributed by atoms with van der Waals surface area (Å²) in [6.45, 7) is 1.81. The normalized spacial score (nSPS) is 19.4. The predicted octanol–water partition coefficient (Wildman–Crippen LogP) is 1.01. The van der Waals surface area contributed by atoms with Gasteiger partial charge in [-0.3, -0.25) is 0 Å². The van der Waals surface area contributed by atoms with Crippen LogP contribution < -0.4 is 9.47 Å². The zero-order valence-electron chi connectivity index (χ0n) is 12.4. The first kappa shape index (κ1) is 15.1. The van der Waals surface area contributed by atoms with Crippen molar-refractivity contribution in [3.8, 4) is 11.5 Å². The molecule has 3 rings (SSSR count). The average Bonchev–Trinajstić information content (AvgIpc) is 3.15. The van der Waals surface area contributed by atoms with Crippen molar-refractivity contribution in [3.63, 3.8) is 0 Å². The summed E-state index contributed by atoms with van der Waals surface area (Å²) >= 11 is 0. The highest BCUT2D eigenvalue weighted by atomic mass is 16.7. The van der Waals surface area contributed by atoms with Gasteiger partial charge in [0.25, 0.3) is 0 Å². The summed E-state index contributed by atoms with van der Waals surface area (Å²) in [5.41, 5.74) is 1.35. The van der Waals surface area contributed by atoms with Gasteiger partial charge in [0.2, 0.25) is 19.5 Å². The number of cyclic esters (lactones) is 1. The minimum Gasteiger partial charge on any atom is -0.463 e. The molecule has 0 aromatic heterocycles. The summed E-state index contributed by atoms with van der Waals surface area (Å²) in [5, 5.41) is 3.86. The average molecular weight is 321 g/mol. The van der Waals surface area contributed by atoms with Gasteiger partial charge >= 0.3 is 11.9 Å². The molecule has 0 N–H and O–H groups in total. The minimum absolute atomic E-state index is 0.195. The van der Waals surface area contributed by atoms with E-state index < -0.39 is 18.0 Å². The molecule has 0 bridgehead atoms. The van der Waals surface area contributed by atoms with E-state index in [1.807, 2.05) is 6.07 Å². The Hall–Kier alpha value is -2.77. The second-order valence-corrected chi connectivity index (χ2v) is 4.95. The van der Waals surface area contributed by atoms with Crippen molar-refractivity contribution in [3.05, 3.63) is 23.8 Å². The van der Waals surface area contributed by atoms with Crippen LogP contribution in [0.4, 0.5) is 0 Å². The predicted molar refractivity (Wildman–Crippen MR) is 76.2 cm³/mol. The summed E-state index contributed by atoms with van der Waals surface area (Å²) in [4.78, 5) is 27.7. The lowest BCUT2D eigenvalue weighted by Crippen LogP contribution is -2.24. The number of ether oxygens (including phenoxy) is 4. The Morgan fingerprint density at radius 2 is 2.13 bits per heavy atom. The number of carbonyl (C=O) groups excluding carboxylic acids is 2. The van der Waals surface area contributed by atoms with Crippen molar-refractivity contribution in [1.29, 1.82) is 0 Å². The van der Waals surface area contributed by atoms with E-state index >= 15 is 0 Å². The van der Waals surface area contributed by atoms with Gasteiger partial charge in [0.1, 0.15) is 0 Å². The van der Waals surface area contributed by atoms with E-state index in [1.54, 1.807) is 19.1 Å². The van der Waals surface area contributed by atoms with Crippen LogP contribution in [0.1, 0.15) is 18.9 Å². The molecule has 0 saturated carbocycles. The van der Waals surface area contributed by atoms with Crippen LogP contribution in [0, 0.1) is 0 Å². The summed E-state index contributed by atoms with van der Waals surface area (Å²) in [5.74, 6) is 0.111. The number of fused-ring (bicyclic) bond motifs is 1. The van der Waals surface area contributed by atoms with Crippen LogP contribution in [0.5, 0.6) is 11.5 Å². The van der Waals surface area contributed by atoms with Gasteiger partial charge in [0, 0.05) is 12.0 Å². The van der Waals surface area contributed by atoms with Crippen molar-refractivity contribution in [2.75, 3.05) is 20.0 Å². The van der Waals surface area contributed by atoms with Gasteiger partial charge < -0.3 is 23.8 Å². The molecule has 2 heterocycles. The number of hydrogen-bond acceptors (Lipinski definition) is 8. The van der Waals surface area contributed by atoms with Crippen molar-refractivity contribution < 1.29 is 33.4 Å².